The van der Waals surface area contributed by atoms with Crippen molar-refractivity contribution in [2.45, 2.75) is 12.3 Å². The molecule has 0 bridgehead atoms. The van der Waals surface area contributed by atoms with Crippen LogP contribution < -0.4 is 5.32 Å². The first-order valence-electron chi connectivity index (χ1n) is 5.12. The number of halogens is 3. The standard InChI is InChI=1S/C11H11F3N2O/c12-11(13,14)7-16-9(17)6-15-10(16)8-4-2-1-3-5-8/h1-5,10,15H,6-7H2. The van der Waals surface area contributed by atoms with E-state index in [1.807, 2.05) is 0 Å². The zero-order valence-corrected chi connectivity index (χ0v) is 8.87. The van der Waals surface area contributed by atoms with Crippen LogP contribution in [0.2, 0.25) is 0 Å². The Bertz CT molecular complexity index is 405. The zero-order valence-electron chi connectivity index (χ0n) is 8.87. The molecule has 2 rings (SSSR count). The molecule has 0 aromatic heterocycles. The molecule has 1 aliphatic rings. The number of alkyl halides is 3. The average Bonchev–Trinajstić information content (AvgIpc) is 2.60. The minimum atomic E-state index is -4.38. The Kier molecular flexibility index (Phi) is 3.06. The van der Waals surface area contributed by atoms with E-state index in [0.29, 0.717) is 5.56 Å². The van der Waals surface area contributed by atoms with Gasteiger partial charge in [-0.2, -0.15) is 13.2 Å². The number of nitrogens with one attached hydrogen (secondary N) is 1. The van der Waals surface area contributed by atoms with E-state index in [-0.39, 0.29) is 6.54 Å². The molecular formula is C11H11F3N2O. The van der Waals surface area contributed by atoms with E-state index in [1.54, 1.807) is 30.3 Å². The van der Waals surface area contributed by atoms with Gasteiger partial charge in [0.2, 0.25) is 5.91 Å². The summed E-state index contributed by atoms with van der Waals surface area (Å²) in [4.78, 5) is 12.2. The van der Waals surface area contributed by atoms with Crippen LogP contribution in [0.15, 0.2) is 30.3 Å². The van der Waals surface area contributed by atoms with E-state index in [2.05, 4.69) is 5.32 Å². The predicted octanol–water partition coefficient (Wildman–Crippen LogP) is 1.68. The molecule has 1 aromatic rings. The summed E-state index contributed by atoms with van der Waals surface area (Å²) in [5, 5.41) is 2.77. The Balaban J connectivity index is 2.20. The summed E-state index contributed by atoms with van der Waals surface area (Å²) in [7, 11) is 0. The highest BCUT2D eigenvalue weighted by Gasteiger charge is 2.40. The van der Waals surface area contributed by atoms with Gasteiger partial charge < -0.3 is 4.90 Å². The van der Waals surface area contributed by atoms with E-state index >= 15 is 0 Å². The summed E-state index contributed by atoms with van der Waals surface area (Å²) in [6.07, 6.45) is -5.07. The van der Waals surface area contributed by atoms with Crippen molar-refractivity contribution < 1.29 is 18.0 Å². The van der Waals surface area contributed by atoms with Crippen LogP contribution in [0.4, 0.5) is 13.2 Å². The molecule has 6 heteroatoms. The number of hydrogen-bond acceptors (Lipinski definition) is 2. The van der Waals surface area contributed by atoms with Crippen LogP contribution in [-0.4, -0.2) is 30.1 Å². The van der Waals surface area contributed by atoms with Crippen molar-refractivity contribution >= 4 is 5.91 Å². The highest BCUT2D eigenvalue weighted by molar-refractivity contribution is 5.81. The Morgan fingerprint density at radius 2 is 1.94 bits per heavy atom. The highest BCUT2D eigenvalue weighted by atomic mass is 19.4. The average molecular weight is 244 g/mol. The van der Waals surface area contributed by atoms with Crippen LogP contribution >= 0.6 is 0 Å². The number of hydrogen-bond donors (Lipinski definition) is 1. The van der Waals surface area contributed by atoms with E-state index in [1.165, 1.54) is 0 Å². The molecule has 1 aliphatic heterocycles. The van der Waals surface area contributed by atoms with E-state index in [4.69, 9.17) is 0 Å². The van der Waals surface area contributed by atoms with Gasteiger partial charge in [-0.1, -0.05) is 30.3 Å². The third kappa shape index (κ3) is 2.76. The number of rotatable bonds is 2. The minimum Gasteiger partial charge on any atom is -0.313 e. The Hall–Kier alpha value is -1.56. The number of amides is 1. The van der Waals surface area contributed by atoms with Gasteiger partial charge in [0.25, 0.3) is 0 Å². The molecule has 0 aliphatic carbocycles. The Morgan fingerprint density at radius 3 is 2.53 bits per heavy atom. The van der Waals surface area contributed by atoms with Crippen LogP contribution in [-0.2, 0) is 4.79 Å². The number of carbonyl (C=O) groups is 1. The maximum absolute atomic E-state index is 12.3. The molecule has 92 valence electrons. The molecule has 1 unspecified atom stereocenters. The third-order valence-corrected chi connectivity index (χ3v) is 2.54. The second-order valence-corrected chi connectivity index (χ2v) is 3.83. The van der Waals surface area contributed by atoms with Crippen molar-refractivity contribution in [2.75, 3.05) is 13.1 Å². The fourth-order valence-electron chi connectivity index (χ4n) is 1.85. The lowest BCUT2D eigenvalue weighted by Crippen LogP contribution is -2.38. The molecule has 1 N–H and O–H groups in total. The Morgan fingerprint density at radius 1 is 1.29 bits per heavy atom. The zero-order chi connectivity index (χ0) is 12.5. The summed E-state index contributed by atoms with van der Waals surface area (Å²) in [6, 6.07) is 8.62. The van der Waals surface area contributed by atoms with Crippen molar-refractivity contribution in [2.24, 2.45) is 0 Å². The second kappa shape index (κ2) is 4.37. The van der Waals surface area contributed by atoms with Gasteiger partial charge in [-0.05, 0) is 5.56 Å². The summed E-state index contributed by atoms with van der Waals surface area (Å²) < 4.78 is 37.0. The van der Waals surface area contributed by atoms with Crippen LogP contribution in [0, 0.1) is 0 Å². The molecule has 0 spiro atoms. The number of benzene rings is 1. The first-order chi connectivity index (χ1) is 7.97. The van der Waals surface area contributed by atoms with Crippen molar-refractivity contribution in [3.63, 3.8) is 0 Å². The molecule has 1 saturated heterocycles. The van der Waals surface area contributed by atoms with Gasteiger partial charge in [0.05, 0.1) is 6.54 Å². The van der Waals surface area contributed by atoms with E-state index in [0.717, 1.165) is 4.90 Å². The van der Waals surface area contributed by atoms with Gasteiger partial charge >= 0.3 is 6.18 Å². The summed E-state index contributed by atoms with van der Waals surface area (Å²) in [5.41, 5.74) is 0.655. The maximum Gasteiger partial charge on any atom is 0.406 e. The molecule has 1 atom stereocenters. The highest BCUT2D eigenvalue weighted by Crippen LogP contribution is 2.26. The molecule has 1 fully saturated rings. The minimum absolute atomic E-state index is 0.0599. The molecule has 1 aromatic carbocycles. The fourth-order valence-corrected chi connectivity index (χ4v) is 1.85. The van der Waals surface area contributed by atoms with Crippen molar-refractivity contribution in [3.8, 4) is 0 Å². The fraction of sp³-hybridized carbons (Fsp3) is 0.364. The van der Waals surface area contributed by atoms with Gasteiger partial charge in [0.1, 0.15) is 12.7 Å². The summed E-state index contributed by atoms with van der Waals surface area (Å²) in [5.74, 6) is -0.531. The number of carbonyl (C=O) groups excluding carboxylic acids is 1. The van der Waals surface area contributed by atoms with Crippen molar-refractivity contribution in [3.05, 3.63) is 35.9 Å². The largest absolute Gasteiger partial charge is 0.406 e. The molecule has 1 amide bonds. The lowest BCUT2D eigenvalue weighted by Gasteiger charge is -2.25. The topological polar surface area (TPSA) is 32.3 Å². The molecular weight excluding hydrogens is 233 g/mol. The molecule has 17 heavy (non-hydrogen) atoms. The van der Waals surface area contributed by atoms with Gasteiger partial charge in [0.15, 0.2) is 0 Å². The SMILES string of the molecule is O=C1CNC(c2ccccc2)N1CC(F)(F)F. The summed E-state index contributed by atoms with van der Waals surface area (Å²) in [6.45, 7) is -1.28. The van der Waals surface area contributed by atoms with Gasteiger partial charge in [0, 0.05) is 0 Å². The molecule has 3 nitrogen and oxygen atoms in total. The van der Waals surface area contributed by atoms with E-state index < -0.39 is 24.8 Å². The second-order valence-electron chi connectivity index (χ2n) is 3.83. The first kappa shape index (κ1) is 11.9. The van der Waals surface area contributed by atoms with Gasteiger partial charge in [-0.15, -0.1) is 0 Å². The number of nitrogens with zero attached hydrogens (tertiary/aromatic N) is 1. The van der Waals surface area contributed by atoms with E-state index in [9.17, 15) is 18.0 Å². The van der Waals surface area contributed by atoms with Crippen LogP contribution in [0.3, 0.4) is 0 Å². The maximum atomic E-state index is 12.3. The monoisotopic (exact) mass is 244 g/mol. The molecule has 0 radical (unpaired) electrons. The third-order valence-electron chi connectivity index (χ3n) is 2.54. The normalized spacial score (nSPS) is 21.0. The predicted molar refractivity (Wildman–Crippen MR) is 55.0 cm³/mol. The van der Waals surface area contributed by atoms with Crippen molar-refractivity contribution in [1.82, 2.24) is 10.2 Å². The Labute approximate surface area is 96.2 Å². The van der Waals surface area contributed by atoms with Gasteiger partial charge in [-0.25, -0.2) is 0 Å². The smallest absolute Gasteiger partial charge is 0.313 e. The summed E-state index contributed by atoms with van der Waals surface area (Å²) >= 11 is 0. The first-order valence-corrected chi connectivity index (χ1v) is 5.12. The lowest BCUT2D eigenvalue weighted by atomic mass is 10.1. The molecule has 0 saturated carbocycles. The van der Waals surface area contributed by atoms with Crippen LogP contribution in [0.25, 0.3) is 0 Å². The van der Waals surface area contributed by atoms with Crippen LogP contribution in [0.5, 0.6) is 0 Å². The quantitative estimate of drug-likeness (QED) is 0.858. The van der Waals surface area contributed by atoms with Crippen LogP contribution in [0.1, 0.15) is 11.7 Å². The lowest BCUT2D eigenvalue weighted by molar-refractivity contribution is -0.161. The molecule has 1 heterocycles. The van der Waals surface area contributed by atoms with Gasteiger partial charge in [-0.3, -0.25) is 10.1 Å². The van der Waals surface area contributed by atoms with Crippen molar-refractivity contribution in [1.29, 1.82) is 0 Å².